The van der Waals surface area contributed by atoms with Crippen molar-refractivity contribution < 1.29 is 14.3 Å². The molecule has 0 aliphatic heterocycles. The molecule has 0 spiro atoms. The van der Waals surface area contributed by atoms with Crippen LogP contribution in [0.15, 0.2) is 36.5 Å². The van der Waals surface area contributed by atoms with Crippen LogP contribution in [0.1, 0.15) is 117 Å². The van der Waals surface area contributed by atoms with E-state index in [9.17, 15) is 9.59 Å². The quantitative estimate of drug-likeness (QED) is 0.0819. The van der Waals surface area contributed by atoms with Crippen molar-refractivity contribution >= 4 is 11.8 Å². The monoisotopic (exact) mass is 418 g/mol. The molecule has 0 fully saturated rings. The summed E-state index contributed by atoms with van der Waals surface area (Å²) < 4.78 is 4.73. The van der Waals surface area contributed by atoms with Crippen LogP contribution in [0.3, 0.4) is 0 Å². The van der Waals surface area contributed by atoms with Crippen LogP contribution in [0.2, 0.25) is 0 Å². The highest BCUT2D eigenvalue weighted by molar-refractivity contribution is 5.99. The largest absolute Gasteiger partial charge is 0.462 e. The highest BCUT2D eigenvalue weighted by Crippen LogP contribution is 2.12. The molecule has 30 heavy (non-hydrogen) atoms. The lowest BCUT2D eigenvalue weighted by molar-refractivity contribution is -0.139. The van der Waals surface area contributed by atoms with Crippen molar-refractivity contribution in [3.63, 3.8) is 0 Å². The first-order valence-electron chi connectivity index (χ1n) is 12.3. The van der Waals surface area contributed by atoms with E-state index >= 15 is 0 Å². The molecule has 0 amide bonds. The number of carbonyl (C=O) groups is 2. The minimum atomic E-state index is -0.334. The predicted molar refractivity (Wildman–Crippen MR) is 129 cm³/mol. The van der Waals surface area contributed by atoms with E-state index in [4.69, 9.17) is 4.74 Å². The molecule has 0 atom stereocenters. The average molecular weight is 419 g/mol. The molecule has 0 aliphatic carbocycles. The van der Waals surface area contributed by atoms with Gasteiger partial charge in [0.05, 0.1) is 0 Å². The van der Waals surface area contributed by atoms with Gasteiger partial charge in [-0.3, -0.25) is 9.59 Å². The molecular weight excluding hydrogens is 372 g/mol. The lowest BCUT2D eigenvalue weighted by atomic mass is 10.1. The molecule has 0 aromatic heterocycles. The van der Waals surface area contributed by atoms with Crippen LogP contribution < -0.4 is 0 Å². The van der Waals surface area contributed by atoms with Crippen molar-refractivity contribution in [3.05, 3.63) is 36.5 Å². The van der Waals surface area contributed by atoms with Gasteiger partial charge in [-0.25, -0.2) is 0 Å². The van der Waals surface area contributed by atoms with Crippen LogP contribution in [0.5, 0.6) is 0 Å². The van der Waals surface area contributed by atoms with E-state index in [0.717, 1.165) is 12.8 Å². The zero-order valence-corrected chi connectivity index (χ0v) is 19.7. The Hall–Kier alpha value is -1.64. The van der Waals surface area contributed by atoms with E-state index in [2.05, 4.69) is 19.1 Å². The van der Waals surface area contributed by atoms with Gasteiger partial charge in [-0.05, 0) is 56.8 Å². The van der Waals surface area contributed by atoms with Crippen molar-refractivity contribution in [1.82, 2.24) is 0 Å². The molecule has 0 saturated heterocycles. The summed E-state index contributed by atoms with van der Waals surface area (Å²) in [7, 11) is 0. The van der Waals surface area contributed by atoms with E-state index < -0.39 is 0 Å². The summed E-state index contributed by atoms with van der Waals surface area (Å²) in [6, 6.07) is 0. The van der Waals surface area contributed by atoms with Gasteiger partial charge in [0.2, 0.25) is 0 Å². The molecule has 172 valence electrons. The third-order valence-corrected chi connectivity index (χ3v) is 5.08. The van der Waals surface area contributed by atoms with Crippen molar-refractivity contribution in [1.29, 1.82) is 0 Å². The van der Waals surface area contributed by atoms with Crippen LogP contribution in [-0.2, 0) is 14.3 Å². The van der Waals surface area contributed by atoms with Gasteiger partial charge in [0.25, 0.3) is 0 Å². The van der Waals surface area contributed by atoms with Gasteiger partial charge in [0.1, 0.15) is 6.61 Å². The topological polar surface area (TPSA) is 43.4 Å². The maximum absolute atomic E-state index is 11.6. The summed E-state index contributed by atoms with van der Waals surface area (Å²) in [4.78, 5) is 22.1. The SMILES string of the molecule is CCCCCC/C=C/CCCCCCCCCCC/C=C/C(=O)/C=C/COC(C)=O. The zero-order chi connectivity index (χ0) is 22.1. The molecular formula is C27H46O3. The number of allylic oxidation sites excluding steroid dienone is 5. The highest BCUT2D eigenvalue weighted by atomic mass is 16.5. The van der Waals surface area contributed by atoms with E-state index in [1.165, 1.54) is 103 Å². The molecule has 0 N–H and O–H groups in total. The van der Waals surface area contributed by atoms with Crippen molar-refractivity contribution in [2.45, 2.75) is 117 Å². The molecule has 0 radical (unpaired) electrons. The van der Waals surface area contributed by atoms with Crippen molar-refractivity contribution in [2.24, 2.45) is 0 Å². The molecule has 0 aliphatic rings. The van der Waals surface area contributed by atoms with Gasteiger partial charge < -0.3 is 4.74 Å². The highest BCUT2D eigenvalue weighted by Gasteiger charge is 1.94. The van der Waals surface area contributed by atoms with E-state index in [1.807, 2.05) is 6.08 Å². The van der Waals surface area contributed by atoms with Gasteiger partial charge in [-0.15, -0.1) is 0 Å². The molecule has 3 nitrogen and oxygen atoms in total. The van der Waals surface area contributed by atoms with Crippen LogP contribution in [0, 0.1) is 0 Å². The first-order chi connectivity index (χ1) is 14.7. The first kappa shape index (κ1) is 28.4. The molecule has 3 heteroatoms. The summed E-state index contributed by atoms with van der Waals surface area (Å²) in [5.41, 5.74) is 0. The number of ketones is 1. The number of esters is 1. The molecule has 0 saturated carbocycles. The standard InChI is InChI=1S/C27H46O3/c1-3-4-5-6-7-8-9-10-11-12-13-14-15-16-17-18-19-20-21-23-27(29)24-22-25-30-26(2)28/h8-9,21-24H,3-7,10-20,25H2,1-2H3/b9-8+,23-21+,24-22+. The number of unbranched alkanes of at least 4 members (excludes halogenated alkanes) is 14. The Morgan fingerprint density at radius 3 is 1.53 bits per heavy atom. The minimum absolute atomic E-state index is 0.0513. The lowest BCUT2D eigenvalue weighted by Crippen LogP contribution is -1.98. The molecule has 0 rings (SSSR count). The lowest BCUT2D eigenvalue weighted by Gasteiger charge is -2.01. The van der Waals surface area contributed by atoms with Crippen molar-refractivity contribution in [3.8, 4) is 0 Å². The van der Waals surface area contributed by atoms with E-state index in [1.54, 1.807) is 12.2 Å². The third-order valence-electron chi connectivity index (χ3n) is 5.08. The second-order valence-corrected chi connectivity index (χ2v) is 8.09. The second-order valence-electron chi connectivity index (χ2n) is 8.09. The van der Waals surface area contributed by atoms with Gasteiger partial charge in [0.15, 0.2) is 5.78 Å². The van der Waals surface area contributed by atoms with Gasteiger partial charge in [-0.1, -0.05) is 89.4 Å². The molecule has 0 unspecified atom stereocenters. The number of ether oxygens (including phenoxy) is 1. The summed E-state index contributed by atoms with van der Waals surface area (Å²) in [5, 5.41) is 0. The Labute approximate surface area is 186 Å². The summed E-state index contributed by atoms with van der Waals surface area (Å²) in [6.07, 6.45) is 32.1. The Balaban J connectivity index is 3.30. The maximum atomic E-state index is 11.6. The van der Waals surface area contributed by atoms with Gasteiger partial charge in [0, 0.05) is 6.92 Å². The predicted octanol–water partition coefficient (Wildman–Crippen LogP) is 8.05. The molecule has 0 heterocycles. The van der Waals surface area contributed by atoms with E-state index in [0.29, 0.717) is 0 Å². The first-order valence-corrected chi connectivity index (χ1v) is 12.3. The molecule has 0 aromatic carbocycles. The van der Waals surface area contributed by atoms with E-state index in [-0.39, 0.29) is 18.4 Å². The number of hydrogen-bond acceptors (Lipinski definition) is 3. The summed E-state index contributed by atoms with van der Waals surface area (Å²) >= 11 is 0. The third kappa shape index (κ3) is 24.4. The Bertz CT molecular complexity index is 488. The Morgan fingerprint density at radius 1 is 0.600 bits per heavy atom. The summed E-state index contributed by atoms with van der Waals surface area (Å²) in [5.74, 6) is -0.386. The van der Waals surface area contributed by atoms with Gasteiger partial charge >= 0.3 is 5.97 Å². The van der Waals surface area contributed by atoms with Gasteiger partial charge in [-0.2, -0.15) is 0 Å². The molecule has 0 aromatic rings. The number of carbonyl (C=O) groups excluding carboxylic acids is 2. The number of hydrogen-bond donors (Lipinski definition) is 0. The average Bonchev–Trinajstić information content (AvgIpc) is 2.72. The van der Waals surface area contributed by atoms with Crippen LogP contribution >= 0.6 is 0 Å². The second kappa shape index (κ2) is 23.6. The van der Waals surface area contributed by atoms with Crippen LogP contribution in [0.4, 0.5) is 0 Å². The normalized spacial score (nSPS) is 11.8. The fourth-order valence-electron chi connectivity index (χ4n) is 3.27. The molecule has 0 bridgehead atoms. The minimum Gasteiger partial charge on any atom is -0.462 e. The Morgan fingerprint density at radius 2 is 1.03 bits per heavy atom. The maximum Gasteiger partial charge on any atom is 0.302 e. The number of rotatable bonds is 21. The Kier molecular flexibility index (Phi) is 22.3. The van der Waals surface area contributed by atoms with Crippen LogP contribution in [0.25, 0.3) is 0 Å². The van der Waals surface area contributed by atoms with Crippen molar-refractivity contribution in [2.75, 3.05) is 6.61 Å². The van der Waals surface area contributed by atoms with Crippen LogP contribution in [-0.4, -0.2) is 18.4 Å². The zero-order valence-electron chi connectivity index (χ0n) is 19.7. The fraction of sp³-hybridized carbons (Fsp3) is 0.704. The smallest absolute Gasteiger partial charge is 0.302 e. The summed E-state index contributed by atoms with van der Waals surface area (Å²) in [6.45, 7) is 3.77. The fourth-order valence-corrected chi connectivity index (χ4v) is 3.27.